The third-order valence-corrected chi connectivity index (χ3v) is 1.23. The van der Waals surface area contributed by atoms with Crippen LogP contribution in [0.3, 0.4) is 0 Å². The number of ether oxygens (including phenoxy) is 1. The molecule has 0 radical (unpaired) electrons. The molecule has 1 N–H and O–H groups in total. The fraction of sp³-hybridized carbons (Fsp3) is 0.167. The predicted octanol–water partition coefficient (Wildman–Crippen LogP) is 0.820. The lowest BCUT2D eigenvalue weighted by Gasteiger charge is -2.02. The Kier molecular flexibility index (Phi) is 2.74. The van der Waals surface area contributed by atoms with Gasteiger partial charge in [-0.1, -0.05) is 0 Å². The fourth-order valence-corrected chi connectivity index (χ4v) is 0.597. The highest BCUT2D eigenvalue weighted by atomic mass is 32.1. The molecule has 0 saturated heterocycles. The number of anilines is 1. The van der Waals surface area contributed by atoms with Gasteiger partial charge in [-0.25, -0.2) is 9.97 Å². The summed E-state index contributed by atoms with van der Waals surface area (Å²) < 4.78 is 4.69. The number of aromatic nitrogens is 2. The Morgan fingerprint density at radius 2 is 2.18 bits per heavy atom. The average Bonchev–Trinajstić information content (AvgIpc) is 2.06. The highest BCUT2D eigenvalue weighted by molar-refractivity contribution is 7.80. The third-order valence-electron chi connectivity index (χ3n) is 0.965. The molecular weight excluding hydrogens is 162 g/mol. The molecule has 0 atom stereocenters. The van der Waals surface area contributed by atoms with Gasteiger partial charge in [-0.3, -0.25) is 5.32 Å². The van der Waals surface area contributed by atoms with E-state index in [2.05, 4.69) is 15.3 Å². The molecule has 4 nitrogen and oxygen atoms in total. The van der Waals surface area contributed by atoms with Gasteiger partial charge in [0.05, 0.1) is 7.11 Å². The minimum Gasteiger partial charge on any atom is -0.474 e. The Morgan fingerprint density at radius 1 is 1.55 bits per heavy atom. The van der Waals surface area contributed by atoms with Gasteiger partial charge >= 0.3 is 0 Å². The van der Waals surface area contributed by atoms with Crippen LogP contribution in [0.1, 0.15) is 0 Å². The topological polar surface area (TPSA) is 47.0 Å². The molecule has 0 aliphatic rings. The summed E-state index contributed by atoms with van der Waals surface area (Å²) in [5.41, 5.74) is 0. The molecule has 0 bridgehead atoms. The number of rotatable bonds is 1. The summed E-state index contributed by atoms with van der Waals surface area (Å²) in [6, 6.07) is 1.72. The molecule has 0 aliphatic carbocycles. The van der Waals surface area contributed by atoms with Crippen LogP contribution in [0.4, 0.5) is 5.95 Å². The number of nitrogens with zero attached hydrogens (tertiary/aromatic N) is 2. The number of thiocarbonyl (C=S) groups is 1. The van der Waals surface area contributed by atoms with E-state index in [1.54, 1.807) is 18.5 Å². The van der Waals surface area contributed by atoms with Crippen molar-refractivity contribution in [3.63, 3.8) is 0 Å². The van der Waals surface area contributed by atoms with Crippen molar-refractivity contribution in [3.8, 4) is 0 Å². The molecule has 58 valence electrons. The van der Waals surface area contributed by atoms with Gasteiger partial charge in [-0.2, -0.15) is 0 Å². The van der Waals surface area contributed by atoms with Crippen molar-refractivity contribution in [3.05, 3.63) is 18.5 Å². The van der Waals surface area contributed by atoms with E-state index in [0.29, 0.717) is 5.95 Å². The monoisotopic (exact) mass is 169 g/mol. The van der Waals surface area contributed by atoms with E-state index in [4.69, 9.17) is 17.0 Å². The first kappa shape index (κ1) is 7.87. The number of hydrogen-bond acceptors (Lipinski definition) is 4. The van der Waals surface area contributed by atoms with Crippen LogP contribution in [0, 0.1) is 0 Å². The molecule has 1 aromatic rings. The van der Waals surface area contributed by atoms with Crippen molar-refractivity contribution in [2.45, 2.75) is 0 Å². The van der Waals surface area contributed by atoms with Crippen LogP contribution in [0.2, 0.25) is 0 Å². The maximum Gasteiger partial charge on any atom is 0.263 e. The second-order valence-corrected chi connectivity index (χ2v) is 2.06. The molecule has 0 spiro atoms. The number of methoxy groups -OCH3 is 1. The van der Waals surface area contributed by atoms with E-state index >= 15 is 0 Å². The molecular formula is C6H7N3OS. The van der Waals surface area contributed by atoms with Crippen molar-refractivity contribution < 1.29 is 4.74 Å². The minimum atomic E-state index is 0.260. The molecule has 0 aliphatic heterocycles. The van der Waals surface area contributed by atoms with Crippen LogP contribution in [0.25, 0.3) is 0 Å². The Bertz CT molecular complexity index is 239. The smallest absolute Gasteiger partial charge is 0.263 e. The molecule has 0 amide bonds. The van der Waals surface area contributed by atoms with Gasteiger partial charge < -0.3 is 4.74 Å². The Morgan fingerprint density at radius 3 is 2.73 bits per heavy atom. The van der Waals surface area contributed by atoms with Crippen LogP contribution < -0.4 is 5.32 Å². The summed E-state index contributed by atoms with van der Waals surface area (Å²) in [5.74, 6) is 0.444. The van der Waals surface area contributed by atoms with Gasteiger partial charge in [0.2, 0.25) is 5.95 Å². The molecule has 11 heavy (non-hydrogen) atoms. The van der Waals surface area contributed by atoms with Crippen LogP contribution >= 0.6 is 12.2 Å². The molecule has 1 rings (SSSR count). The normalized spacial score (nSPS) is 8.82. The number of nitrogens with one attached hydrogen (secondary N) is 1. The van der Waals surface area contributed by atoms with E-state index in [0.717, 1.165) is 0 Å². The van der Waals surface area contributed by atoms with Gasteiger partial charge in [-0.15, -0.1) is 0 Å². The standard InChI is InChI=1S/C6H7N3OS/c1-10-6(11)9-5-7-3-2-4-8-5/h2-4H,1H3,(H,7,8,9,11). The second-order valence-electron chi connectivity index (χ2n) is 1.69. The van der Waals surface area contributed by atoms with Crippen LogP contribution in [-0.4, -0.2) is 22.3 Å². The lowest BCUT2D eigenvalue weighted by molar-refractivity contribution is 0.413. The van der Waals surface area contributed by atoms with Crippen LogP contribution in [-0.2, 0) is 4.74 Å². The molecule has 0 unspecified atom stereocenters. The maximum absolute atomic E-state index is 4.72. The van der Waals surface area contributed by atoms with E-state index in [1.165, 1.54) is 7.11 Å². The molecule has 0 aromatic carbocycles. The summed E-state index contributed by atoms with van der Waals surface area (Å²) in [5, 5.41) is 2.94. The van der Waals surface area contributed by atoms with Crippen LogP contribution in [0.15, 0.2) is 18.5 Å². The zero-order valence-corrected chi connectivity index (χ0v) is 6.76. The van der Waals surface area contributed by atoms with Gasteiger partial charge in [0.25, 0.3) is 5.17 Å². The molecule has 1 heterocycles. The van der Waals surface area contributed by atoms with Crippen molar-refractivity contribution in [1.29, 1.82) is 0 Å². The Labute approximate surface area is 69.6 Å². The summed E-state index contributed by atoms with van der Waals surface area (Å²) in [6.07, 6.45) is 3.24. The molecule has 5 heteroatoms. The predicted molar refractivity (Wildman–Crippen MR) is 45.3 cm³/mol. The summed E-state index contributed by atoms with van der Waals surface area (Å²) in [4.78, 5) is 7.75. The lowest BCUT2D eigenvalue weighted by atomic mass is 10.7. The average molecular weight is 169 g/mol. The zero-order valence-electron chi connectivity index (χ0n) is 5.94. The van der Waals surface area contributed by atoms with Crippen LogP contribution in [0.5, 0.6) is 0 Å². The van der Waals surface area contributed by atoms with Crippen molar-refractivity contribution in [2.75, 3.05) is 12.4 Å². The fourth-order valence-electron chi connectivity index (χ4n) is 0.506. The van der Waals surface area contributed by atoms with Crippen molar-refractivity contribution >= 4 is 23.3 Å². The lowest BCUT2D eigenvalue weighted by Crippen LogP contribution is -2.12. The zero-order chi connectivity index (χ0) is 8.10. The first-order valence-corrected chi connectivity index (χ1v) is 3.36. The third kappa shape index (κ3) is 2.46. The molecule has 1 aromatic heterocycles. The largest absolute Gasteiger partial charge is 0.474 e. The van der Waals surface area contributed by atoms with E-state index < -0.39 is 0 Å². The van der Waals surface area contributed by atoms with E-state index in [1.807, 2.05) is 0 Å². The highest BCUT2D eigenvalue weighted by Crippen LogP contribution is 1.93. The summed E-state index contributed by atoms with van der Waals surface area (Å²) in [7, 11) is 1.48. The van der Waals surface area contributed by atoms with Gasteiger partial charge in [0.1, 0.15) is 0 Å². The van der Waals surface area contributed by atoms with Gasteiger partial charge in [0.15, 0.2) is 0 Å². The van der Waals surface area contributed by atoms with E-state index in [-0.39, 0.29) is 5.17 Å². The quantitative estimate of drug-likeness (QED) is 0.631. The van der Waals surface area contributed by atoms with Crippen molar-refractivity contribution in [1.82, 2.24) is 9.97 Å². The second kappa shape index (κ2) is 3.82. The molecule has 0 saturated carbocycles. The minimum absolute atomic E-state index is 0.260. The summed E-state index contributed by atoms with van der Waals surface area (Å²) in [6.45, 7) is 0. The maximum atomic E-state index is 4.72. The molecule has 0 fully saturated rings. The van der Waals surface area contributed by atoms with Gasteiger partial charge in [-0.05, 0) is 18.3 Å². The summed E-state index contributed by atoms with van der Waals surface area (Å²) >= 11 is 4.72. The Balaban J connectivity index is 2.58. The SMILES string of the molecule is COC(=S)Nc1ncccn1. The van der Waals surface area contributed by atoms with Gasteiger partial charge in [0, 0.05) is 12.4 Å². The highest BCUT2D eigenvalue weighted by Gasteiger charge is 1.95. The first-order valence-electron chi connectivity index (χ1n) is 2.95. The number of hydrogen-bond donors (Lipinski definition) is 1. The van der Waals surface area contributed by atoms with Crippen molar-refractivity contribution in [2.24, 2.45) is 0 Å². The Hall–Kier alpha value is -1.23. The van der Waals surface area contributed by atoms with E-state index in [9.17, 15) is 0 Å². The first-order chi connectivity index (χ1) is 5.33.